The van der Waals surface area contributed by atoms with Crippen LogP contribution < -0.4 is 0 Å². The van der Waals surface area contributed by atoms with Gasteiger partial charge in [0.1, 0.15) is 0 Å². The number of aliphatic carboxylic acids is 1. The number of carboxylic acid groups (broad SMARTS) is 1. The molecule has 1 heterocycles. The lowest BCUT2D eigenvalue weighted by atomic mass is 10.0. The number of unbranched alkanes of at least 4 members (excludes halogenated alkanes) is 1. The van der Waals surface area contributed by atoms with Crippen LogP contribution in [0.4, 0.5) is 0 Å². The van der Waals surface area contributed by atoms with Crippen molar-refractivity contribution < 1.29 is 19.8 Å². The normalized spacial score (nSPS) is 18.8. The summed E-state index contributed by atoms with van der Waals surface area (Å²) in [6, 6.07) is 9.60. The molecule has 2 N–H and O–H groups in total. The number of carbonyl (C=O) groups is 2. The Labute approximate surface area is 136 Å². The van der Waals surface area contributed by atoms with E-state index in [4.69, 9.17) is 5.11 Å². The number of aliphatic hydroxyl groups excluding tert-OH is 1. The van der Waals surface area contributed by atoms with Crippen LogP contribution in [0.3, 0.4) is 0 Å². The third kappa shape index (κ3) is 5.36. The van der Waals surface area contributed by atoms with Gasteiger partial charge in [-0.25, -0.2) is 0 Å². The average Bonchev–Trinajstić information content (AvgIpc) is 3.00. The van der Waals surface area contributed by atoms with Crippen molar-refractivity contribution in [3.63, 3.8) is 0 Å². The first-order valence-electron chi connectivity index (χ1n) is 8.32. The van der Waals surface area contributed by atoms with Crippen molar-refractivity contribution in [2.24, 2.45) is 0 Å². The zero-order chi connectivity index (χ0) is 16.7. The molecule has 0 saturated carbocycles. The molecule has 1 aromatic rings. The Hall–Kier alpha value is -1.88. The lowest BCUT2D eigenvalue weighted by molar-refractivity contribution is -0.137. The van der Waals surface area contributed by atoms with Crippen LogP contribution in [0.25, 0.3) is 0 Å². The molecule has 1 amide bonds. The van der Waals surface area contributed by atoms with E-state index in [2.05, 4.69) is 0 Å². The molecule has 1 aliphatic heterocycles. The summed E-state index contributed by atoms with van der Waals surface area (Å²) in [7, 11) is 0. The van der Waals surface area contributed by atoms with Crippen molar-refractivity contribution in [3.8, 4) is 0 Å². The van der Waals surface area contributed by atoms with E-state index < -0.39 is 12.1 Å². The molecule has 2 unspecified atom stereocenters. The van der Waals surface area contributed by atoms with Gasteiger partial charge in [-0.2, -0.15) is 0 Å². The van der Waals surface area contributed by atoms with Crippen molar-refractivity contribution in [3.05, 3.63) is 35.9 Å². The minimum Gasteiger partial charge on any atom is -0.481 e. The summed E-state index contributed by atoms with van der Waals surface area (Å²) < 4.78 is 0. The van der Waals surface area contributed by atoms with Crippen LogP contribution in [0, 0.1) is 0 Å². The third-order valence-corrected chi connectivity index (χ3v) is 4.41. The number of amides is 1. The molecule has 2 rings (SSSR count). The molecule has 0 radical (unpaired) electrons. The number of nitrogens with zero attached hydrogens (tertiary/aromatic N) is 1. The first kappa shape index (κ1) is 17.5. The molecular weight excluding hydrogens is 294 g/mol. The van der Waals surface area contributed by atoms with E-state index in [1.165, 1.54) is 0 Å². The first-order chi connectivity index (χ1) is 11.1. The van der Waals surface area contributed by atoms with E-state index in [9.17, 15) is 14.7 Å². The summed E-state index contributed by atoms with van der Waals surface area (Å²) in [5.41, 5.74) is 0.883. The number of likely N-dealkylation sites (tertiary alicyclic amines) is 1. The van der Waals surface area contributed by atoms with Crippen LogP contribution in [-0.4, -0.2) is 39.6 Å². The Morgan fingerprint density at radius 3 is 2.57 bits per heavy atom. The number of aliphatic hydroxyl groups is 1. The molecule has 0 bridgehead atoms. The smallest absolute Gasteiger partial charge is 0.303 e. The van der Waals surface area contributed by atoms with Gasteiger partial charge in [-0.15, -0.1) is 0 Å². The second-order valence-corrected chi connectivity index (χ2v) is 6.15. The lowest BCUT2D eigenvalue weighted by Crippen LogP contribution is -2.36. The van der Waals surface area contributed by atoms with Gasteiger partial charge >= 0.3 is 5.97 Å². The van der Waals surface area contributed by atoms with E-state index in [1.807, 2.05) is 35.2 Å². The molecule has 0 aromatic heterocycles. The number of hydrogen-bond acceptors (Lipinski definition) is 3. The SMILES string of the molecule is O=C(O)CCCCC(=O)N1CCCC1CC(O)c1ccccc1. The summed E-state index contributed by atoms with van der Waals surface area (Å²) in [4.78, 5) is 24.7. The summed E-state index contributed by atoms with van der Waals surface area (Å²) in [5, 5.41) is 19.0. The molecule has 2 atom stereocenters. The molecule has 1 saturated heterocycles. The molecule has 5 heteroatoms. The van der Waals surface area contributed by atoms with Gasteiger partial charge in [-0.3, -0.25) is 9.59 Å². The van der Waals surface area contributed by atoms with Crippen LogP contribution in [0.2, 0.25) is 0 Å². The van der Waals surface area contributed by atoms with Gasteiger partial charge in [-0.05, 0) is 37.7 Å². The monoisotopic (exact) mass is 319 g/mol. The molecule has 1 aromatic carbocycles. The summed E-state index contributed by atoms with van der Waals surface area (Å²) in [6.07, 6.45) is 3.54. The Bertz CT molecular complexity index is 517. The van der Waals surface area contributed by atoms with E-state index in [1.54, 1.807) is 0 Å². The molecule has 23 heavy (non-hydrogen) atoms. The fourth-order valence-corrected chi connectivity index (χ4v) is 3.17. The zero-order valence-electron chi connectivity index (χ0n) is 13.4. The number of hydrogen-bond donors (Lipinski definition) is 2. The van der Waals surface area contributed by atoms with Crippen molar-refractivity contribution in [2.45, 2.75) is 57.1 Å². The maximum Gasteiger partial charge on any atom is 0.303 e. The summed E-state index contributed by atoms with van der Waals surface area (Å²) >= 11 is 0. The molecule has 0 spiro atoms. The van der Waals surface area contributed by atoms with E-state index in [0.29, 0.717) is 25.7 Å². The van der Waals surface area contributed by atoms with Crippen LogP contribution >= 0.6 is 0 Å². The Morgan fingerprint density at radius 1 is 1.17 bits per heavy atom. The fourth-order valence-electron chi connectivity index (χ4n) is 3.17. The average molecular weight is 319 g/mol. The van der Waals surface area contributed by atoms with Crippen LogP contribution in [0.15, 0.2) is 30.3 Å². The van der Waals surface area contributed by atoms with Gasteiger partial charge in [0.15, 0.2) is 0 Å². The van der Waals surface area contributed by atoms with Crippen molar-refractivity contribution in [1.29, 1.82) is 0 Å². The molecule has 0 aliphatic carbocycles. The van der Waals surface area contributed by atoms with Gasteiger partial charge in [0.05, 0.1) is 6.10 Å². The van der Waals surface area contributed by atoms with Crippen LogP contribution in [-0.2, 0) is 9.59 Å². The second kappa shape index (κ2) is 8.67. The highest BCUT2D eigenvalue weighted by molar-refractivity contribution is 5.76. The maximum absolute atomic E-state index is 12.3. The molecular formula is C18H25NO4. The minimum absolute atomic E-state index is 0.0807. The first-order valence-corrected chi connectivity index (χ1v) is 8.32. The molecule has 126 valence electrons. The van der Waals surface area contributed by atoms with Crippen LogP contribution in [0.1, 0.15) is 56.6 Å². The standard InChI is InChI=1S/C18H25NO4/c20-16(14-7-2-1-3-8-14)13-15-9-6-12-19(15)17(21)10-4-5-11-18(22)23/h1-3,7-8,15-16,20H,4-6,9-13H2,(H,22,23). The molecule has 1 aliphatic rings. The van der Waals surface area contributed by atoms with Crippen molar-refractivity contribution >= 4 is 11.9 Å². The highest BCUT2D eigenvalue weighted by Gasteiger charge is 2.30. The van der Waals surface area contributed by atoms with Gasteiger partial charge < -0.3 is 15.1 Å². The lowest BCUT2D eigenvalue weighted by Gasteiger charge is -2.27. The van der Waals surface area contributed by atoms with Gasteiger partial charge in [0.2, 0.25) is 5.91 Å². The number of carbonyl (C=O) groups excluding carboxylic acids is 1. The predicted octanol–water partition coefficient (Wildman–Crippen LogP) is 2.75. The van der Waals surface area contributed by atoms with Gasteiger partial charge in [-0.1, -0.05) is 30.3 Å². The topological polar surface area (TPSA) is 77.8 Å². The highest BCUT2D eigenvalue weighted by Crippen LogP contribution is 2.28. The van der Waals surface area contributed by atoms with Gasteiger partial charge in [0, 0.05) is 25.4 Å². The van der Waals surface area contributed by atoms with Crippen molar-refractivity contribution in [2.75, 3.05) is 6.54 Å². The fraction of sp³-hybridized carbons (Fsp3) is 0.556. The van der Waals surface area contributed by atoms with E-state index in [0.717, 1.165) is 24.9 Å². The largest absolute Gasteiger partial charge is 0.481 e. The Balaban J connectivity index is 1.82. The number of carboxylic acids is 1. The summed E-state index contributed by atoms with van der Waals surface area (Å²) in [6.45, 7) is 0.740. The minimum atomic E-state index is -0.817. The van der Waals surface area contributed by atoms with E-state index >= 15 is 0 Å². The van der Waals surface area contributed by atoms with Crippen molar-refractivity contribution in [1.82, 2.24) is 4.90 Å². The quantitative estimate of drug-likeness (QED) is 0.722. The highest BCUT2D eigenvalue weighted by atomic mass is 16.4. The van der Waals surface area contributed by atoms with Crippen LogP contribution in [0.5, 0.6) is 0 Å². The van der Waals surface area contributed by atoms with Gasteiger partial charge in [0.25, 0.3) is 0 Å². The summed E-state index contributed by atoms with van der Waals surface area (Å²) in [5.74, 6) is -0.736. The molecule has 5 nitrogen and oxygen atoms in total. The number of rotatable bonds is 8. The predicted molar refractivity (Wildman–Crippen MR) is 86.9 cm³/mol. The third-order valence-electron chi connectivity index (χ3n) is 4.41. The zero-order valence-corrected chi connectivity index (χ0v) is 13.4. The maximum atomic E-state index is 12.3. The Kier molecular flexibility index (Phi) is 6.59. The molecule has 1 fully saturated rings. The second-order valence-electron chi connectivity index (χ2n) is 6.15. The Morgan fingerprint density at radius 2 is 1.87 bits per heavy atom. The number of benzene rings is 1. The van der Waals surface area contributed by atoms with E-state index in [-0.39, 0.29) is 18.4 Å².